The zero-order valence-corrected chi connectivity index (χ0v) is 4.21. The molecule has 0 spiro atoms. The van der Waals surface area contributed by atoms with Crippen molar-refractivity contribution in [1.29, 1.82) is 0 Å². The van der Waals surface area contributed by atoms with Crippen LogP contribution in [0.2, 0.25) is 0 Å². The second-order valence-corrected chi connectivity index (χ2v) is 1.36. The summed E-state index contributed by atoms with van der Waals surface area (Å²) in [6, 6.07) is 0. The summed E-state index contributed by atoms with van der Waals surface area (Å²) in [5, 5.41) is 19.2. The van der Waals surface area contributed by atoms with E-state index in [1.54, 1.807) is 0 Å². The van der Waals surface area contributed by atoms with Gasteiger partial charge in [0.15, 0.2) is 0 Å². The monoisotopic (exact) mass is 116 g/mol. The first-order valence-corrected chi connectivity index (χ1v) is 1.97. The predicted molar refractivity (Wildman–Crippen MR) is 19.2 cm³/mol. The van der Waals surface area contributed by atoms with Gasteiger partial charge in [-0.3, -0.25) is 0 Å². The van der Waals surface area contributed by atoms with Gasteiger partial charge >= 0.3 is 0 Å². The number of hydrogen-bond acceptors (Lipinski definition) is 4. The summed E-state index contributed by atoms with van der Waals surface area (Å²) >= 11 is 0. The average molecular weight is 116 g/mol. The first-order valence-electron chi connectivity index (χ1n) is 1.97. The summed E-state index contributed by atoms with van der Waals surface area (Å²) in [6.45, 7) is 0.991. The largest absolute Gasteiger partial charge is 0.549 e. The van der Waals surface area contributed by atoms with Crippen LogP contribution in [0, 0.1) is 5.92 Å². The lowest BCUT2D eigenvalue weighted by molar-refractivity contribution is -0.330. The van der Waals surface area contributed by atoms with Crippen molar-refractivity contribution >= 4 is 11.9 Å². The molecule has 0 heterocycles. The average Bonchev–Trinajstić information content (AvgIpc) is 1.64. The Bertz CT molecular complexity index is 103. The number of hydrogen-bond donors (Lipinski definition) is 0. The van der Waals surface area contributed by atoms with Crippen molar-refractivity contribution in [2.24, 2.45) is 5.92 Å². The van der Waals surface area contributed by atoms with Gasteiger partial charge in [-0.25, -0.2) is 0 Å². The van der Waals surface area contributed by atoms with Crippen molar-refractivity contribution in [3.05, 3.63) is 0 Å². The molecule has 0 unspecified atom stereocenters. The maximum atomic E-state index is 9.61. The Morgan fingerprint density at radius 1 is 1.25 bits per heavy atom. The Hall–Kier alpha value is -1.06. The minimum Gasteiger partial charge on any atom is -0.549 e. The van der Waals surface area contributed by atoms with Crippen LogP contribution in [-0.2, 0) is 9.59 Å². The standard InChI is InChI=1S/C4H6O4/c1-2(3(5)6)4(7)8/h2H,1H3,(H,5,6)(H,7,8)/p-2. The second kappa shape index (κ2) is 2.30. The molecule has 0 aromatic rings. The van der Waals surface area contributed by atoms with Crippen molar-refractivity contribution < 1.29 is 19.8 Å². The summed E-state index contributed by atoms with van der Waals surface area (Å²) in [5.74, 6) is -4.76. The molecule has 0 saturated carbocycles. The van der Waals surface area contributed by atoms with Crippen molar-refractivity contribution in [2.75, 3.05) is 0 Å². The van der Waals surface area contributed by atoms with Crippen LogP contribution in [0.15, 0.2) is 0 Å². The minimum atomic E-state index is -1.62. The topological polar surface area (TPSA) is 80.3 Å². The highest BCUT2D eigenvalue weighted by atomic mass is 16.4. The zero-order chi connectivity index (χ0) is 6.73. The van der Waals surface area contributed by atoms with Gasteiger partial charge in [-0.15, -0.1) is 0 Å². The molecule has 0 rings (SSSR count). The Balaban J connectivity index is 3.83. The highest BCUT2D eigenvalue weighted by Crippen LogP contribution is 1.86. The second-order valence-electron chi connectivity index (χ2n) is 1.36. The van der Waals surface area contributed by atoms with Gasteiger partial charge in [0.25, 0.3) is 0 Å². The van der Waals surface area contributed by atoms with Gasteiger partial charge in [-0.2, -0.15) is 0 Å². The summed E-state index contributed by atoms with van der Waals surface area (Å²) in [6.07, 6.45) is 0. The Morgan fingerprint density at radius 2 is 1.50 bits per heavy atom. The molecule has 46 valence electrons. The molecule has 8 heavy (non-hydrogen) atoms. The van der Waals surface area contributed by atoms with E-state index in [1.807, 2.05) is 0 Å². The van der Waals surface area contributed by atoms with Crippen molar-refractivity contribution in [3.63, 3.8) is 0 Å². The molecule has 0 aromatic carbocycles. The van der Waals surface area contributed by atoms with Gasteiger partial charge in [-0.1, -0.05) is 6.92 Å². The molecule has 0 saturated heterocycles. The summed E-state index contributed by atoms with van der Waals surface area (Å²) in [5.41, 5.74) is 0. The zero-order valence-electron chi connectivity index (χ0n) is 4.21. The molecule has 0 aliphatic rings. The molecule has 0 radical (unpaired) electrons. The maximum absolute atomic E-state index is 9.61. The molecule has 0 aliphatic carbocycles. The van der Waals surface area contributed by atoms with Crippen LogP contribution in [0.25, 0.3) is 0 Å². The first-order chi connectivity index (χ1) is 3.55. The van der Waals surface area contributed by atoms with E-state index in [4.69, 9.17) is 0 Å². The maximum Gasteiger partial charge on any atom is 0.0498 e. The van der Waals surface area contributed by atoms with Gasteiger partial charge in [0.1, 0.15) is 0 Å². The van der Waals surface area contributed by atoms with Gasteiger partial charge in [0.05, 0.1) is 0 Å². The molecule has 4 heteroatoms. The van der Waals surface area contributed by atoms with E-state index in [2.05, 4.69) is 0 Å². The van der Waals surface area contributed by atoms with Gasteiger partial charge < -0.3 is 19.8 Å². The van der Waals surface area contributed by atoms with E-state index in [-0.39, 0.29) is 0 Å². The highest BCUT2D eigenvalue weighted by Gasteiger charge is 2.00. The van der Waals surface area contributed by atoms with E-state index in [1.165, 1.54) is 0 Å². The molecule has 0 N–H and O–H groups in total. The van der Waals surface area contributed by atoms with E-state index >= 15 is 0 Å². The molecule has 0 fully saturated rings. The number of aliphatic carboxylic acids is 2. The van der Waals surface area contributed by atoms with Crippen LogP contribution in [0.1, 0.15) is 6.92 Å². The van der Waals surface area contributed by atoms with Gasteiger partial charge in [0, 0.05) is 17.9 Å². The van der Waals surface area contributed by atoms with E-state index in [9.17, 15) is 19.8 Å². The molecular formula is C4H4O4-2. The third-order valence-electron chi connectivity index (χ3n) is 0.707. The van der Waals surface area contributed by atoms with Crippen LogP contribution >= 0.6 is 0 Å². The number of carboxylic acid groups (broad SMARTS) is 2. The molecular weight excluding hydrogens is 112 g/mol. The van der Waals surface area contributed by atoms with Gasteiger partial charge in [-0.05, 0) is 0 Å². The fourth-order valence-electron chi connectivity index (χ4n) is 0.0962. The van der Waals surface area contributed by atoms with Crippen LogP contribution in [0.5, 0.6) is 0 Å². The number of rotatable bonds is 2. The Labute approximate surface area is 45.7 Å². The van der Waals surface area contributed by atoms with Crippen molar-refractivity contribution in [3.8, 4) is 0 Å². The van der Waals surface area contributed by atoms with Crippen LogP contribution in [0.4, 0.5) is 0 Å². The molecule has 0 atom stereocenters. The molecule has 0 bridgehead atoms. The highest BCUT2D eigenvalue weighted by molar-refractivity contribution is 5.90. The number of carbonyl (C=O) groups is 2. The number of carboxylic acids is 2. The number of carbonyl (C=O) groups excluding carboxylic acids is 2. The van der Waals surface area contributed by atoms with Gasteiger partial charge in [0.2, 0.25) is 0 Å². The third-order valence-corrected chi connectivity index (χ3v) is 0.707. The van der Waals surface area contributed by atoms with Crippen molar-refractivity contribution in [1.82, 2.24) is 0 Å². The third kappa shape index (κ3) is 1.59. The molecule has 4 nitrogen and oxygen atoms in total. The Morgan fingerprint density at radius 3 is 1.50 bits per heavy atom. The molecule has 0 amide bonds. The summed E-state index contributed by atoms with van der Waals surface area (Å²) < 4.78 is 0. The lowest BCUT2D eigenvalue weighted by Gasteiger charge is -2.11. The Kier molecular flexibility index (Phi) is 1.99. The molecule has 0 aliphatic heterocycles. The van der Waals surface area contributed by atoms with Crippen LogP contribution < -0.4 is 10.2 Å². The fourth-order valence-corrected chi connectivity index (χ4v) is 0.0962. The SMILES string of the molecule is CC(C(=O)[O-])C(=O)[O-]. The van der Waals surface area contributed by atoms with Crippen LogP contribution in [-0.4, -0.2) is 11.9 Å². The fraction of sp³-hybridized carbons (Fsp3) is 0.500. The lowest BCUT2D eigenvalue weighted by atomic mass is 10.2. The van der Waals surface area contributed by atoms with E-state index in [0.717, 1.165) is 6.92 Å². The summed E-state index contributed by atoms with van der Waals surface area (Å²) in [7, 11) is 0. The predicted octanol–water partition coefficient (Wildman–Crippen LogP) is -2.88. The first kappa shape index (κ1) is 6.94. The lowest BCUT2D eigenvalue weighted by Crippen LogP contribution is -2.41. The van der Waals surface area contributed by atoms with Crippen LogP contribution in [0.3, 0.4) is 0 Å². The minimum absolute atomic E-state index is 0.991. The van der Waals surface area contributed by atoms with E-state index in [0.29, 0.717) is 0 Å². The smallest absolute Gasteiger partial charge is 0.0498 e. The van der Waals surface area contributed by atoms with E-state index < -0.39 is 17.9 Å². The molecule has 0 aromatic heterocycles. The normalized spacial score (nSPS) is 9.25. The summed E-state index contributed by atoms with van der Waals surface area (Å²) in [4.78, 5) is 19.2. The van der Waals surface area contributed by atoms with Crippen molar-refractivity contribution in [2.45, 2.75) is 6.92 Å². The quantitative estimate of drug-likeness (QED) is 0.363.